The van der Waals surface area contributed by atoms with E-state index in [1.165, 1.54) is 250 Å². The van der Waals surface area contributed by atoms with Crippen LogP contribution in [0.3, 0.4) is 0 Å². The van der Waals surface area contributed by atoms with Crippen molar-refractivity contribution in [1.29, 1.82) is 0 Å². The van der Waals surface area contributed by atoms with Gasteiger partial charge in [-0.05, 0) is 31.6 Å². The summed E-state index contributed by atoms with van der Waals surface area (Å²) in [6.07, 6.45) is 63.8. The number of ether oxygens (including phenoxy) is 4. The second-order valence-electron chi connectivity index (χ2n) is 29.3. The van der Waals surface area contributed by atoms with E-state index in [-0.39, 0.29) is 25.7 Å². The summed E-state index contributed by atoms with van der Waals surface area (Å²) in [4.78, 5) is 72.9. The maximum atomic E-state index is 13.1. The topological polar surface area (TPSA) is 237 Å². The molecule has 19 heteroatoms. The van der Waals surface area contributed by atoms with Gasteiger partial charge in [-0.3, -0.25) is 37.3 Å². The van der Waals surface area contributed by atoms with Crippen LogP contribution in [0.4, 0.5) is 0 Å². The number of unbranched alkanes of at least 4 members (excludes halogenated alkanes) is 52. The summed E-state index contributed by atoms with van der Waals surface area (Å²) in [5.41, 5.74) is 0. The number of phosphoric ester groups is 2. The van der Waals surface area contributed by atoms with Crippen LogP contribution < -0.4 is 0 Å². The van der Waals surface area contributed by atoms with Crippen LogP contribution >= 0.6 is 15.6 Å². The highest BCUT2D eigenvalue weighted by atomic mass is 31.2. The van der Waals surface area contributed by atoms with Crippen LogP contribution in [0.2, 0.25) is 0 Å². The van der Waals surface area contributed by atoms with Crippen molar-refractivity contribution in [2.75, 3.05) is 39.6 Å². The first-order chi connectivity index (χ1) is 48.0. The predicted octanol–water partition coefficient (Wildman–Crippen LogP) is 24.0. The number of carbonyl (C=O) groups excluding carboxylic acids is 4. The molecular formula is C80H156O17P2. The molecule has 0 aliphatic heterocycles. The number of esters is 4. The Morgan fingerprint density at radius 3 is 0.687 bits per heavy atom. The largest absolute Gasteiger partial charge is 0.472 e. The lowest BCUT2D eigenvalue weighted by Crippen LogP contribution is -2.30. The highest BCUT2D eigenvalue weighted by molar-refractivity contribution is 7.47. The molecule has 0 fully saturated rings. The molecule has 17 nitrogen and oxygen atoms in total. The molecular weight excluding hydrogens is 1290 g/mol. The molecule has 0 aliphatic carbocycles. The average Bonchev–Trinajstić information content (AvgIpc) is 0.969. The van der Waals surface area contributed by atoms with Crippen molar-refractivity contribution in [3.05, 3.63) is 0 Å². The maximum absolute atomic E-state index is 13.1. The molecule has 0 spiro atoms. The van der Waals surface area contributed by atoms with Gasteiger partial charge in [0.25, 0.3) is 0 Å². The van der Waals surface area contributed by atoms with Crippen LogP contribution in [-0.2, 0) is 65.4 Å². The number of rotatable bonds is 80. The summed E-state index contributed by atoms with van der Waals surface area (Å²) in [5.74, 6) is -1.30. The molecule has 0 aromatic carbocycles. The quantitative estimate of drug-likeness (QED) is 0.0222. The first-order valence-corrected chi connectivity index (χ1v) is 44.6. The molecule has 0 aliphatic rings. The average molecular weight is 1450 g/mol. The van der Waals surface area contributed by atoms with E-state index < -0.39 is 97.5 Å². The third-order valence-corrected chi connectivity index (χ3v) is 20.7. The molecule has 0 amide bonds. The lowest BCUT2D eigenvalue weighted by Gasteiger charge is -2.21. The van der Waals surface area contributed by atoms with Gasteiger partial charge < -0.3 is 33.8 Å². The molecule has 99 heavy (non-hydrogen) atoms. The summed E-state index contributed by atoms with van der Waals surface area (Å²) < 4.78 is 68.7. The molecule has 3 N–H and O–H groups in total. The zero-order valence-electron chi connectivity index (χ0n) is 64.6. The molecule has 0 aromatic heterocycles. The summed E-state index contributed by atoms with van der Waals surface area (Å²) >= 11 is 0. The highest BCUT2D eigenvalue weighted by Gasteiger charge is 2.30. The van der Waals surface area contributed by atoms with E-state index in [1.54, 1.807) is 0 Å². The van der Waals surface area contributed by atoms with Gasteiger partial charge in [0.15, 0.2) is 12.2 Å². The van der Waals surface area contributed by atoms with Crippen LogP contribution in [-0.4, -0.2) is 96.7 Å². The Morgan fingerprint density at radius 1 is 0.273 bits per heavy atom. The fourth-order valence-electron chi connectivity index (χ4n) is 12.4. The first kappa shape index (κ1) is 97.1. The van der Waals surface area contributed by atoms with Crippen LogP contribution in [0.1, 0.15) is 426 Å². The van der Waals surface area contributed by atoms with Gasteiger partial charge in [-0.15, -0.1) is 0 Å². The van der Waals surface area contributed by atoms with E-state index in [2.05, 4.69) is 34.6 Å². The monoisotopic (exact) mass is 1450 g/mol. The minimum absolute atomic E-state index is 0.108. The smallest absolute Gasteiger partial charge is 0.462 e. The van der Waals surface area contributed by atoms with Gasteiger partial charge in [-0.2, -0.15) is 0 Å². The van der Waals surface area contributed by atoms with Gasteiger partial charge >= 0.3 is 39.5 Å². The fourth-order valence-corrected chi connectivity index (χ4v) is 14.0. The third kappa shape index (κ3) is 74.1. The molecule has 0 saturated heterocycles. The Bertz CT molecular complexity index is 1890. The summed E-state index contributed by atoms with van der Waals surface area (Å²) in [7, 11) is -9.91. The standard InChI is InChI=1S/C80H156O17P2/c1-6-9-12-15-18-21-23-25-27-28-32-36-39-44-49-54-59-64-78(83)91-70-76(97-80(85)66-61-56-51-46-41-37-33-30-29-31-34-38-43-47-52-57-62-73(4)5)72-95-99(88,89)93-68-74(81)67-92-98(86,87)94-71-75(69-90-77(82)63-58-53-48-42-20-17-14-11-8-3)96-79(84)65-60-55-50-45-40-35-26-24-22-19-16-13-10-7-2/h73-76,81H,6-72H2,1-5H3,(H,86,87)(H,88,89)/t74-,75+,76+/m0/s1. The number of aliphatic hydroxyl groups excluding tert-OH is 1. The Morgan fingerprint density at radius 2 is 0.465 bits per heavy atom. The normalized spacial score (nSPS) is 13.9. The SMILES string of the molecule is CCCCCCCCCCCCCCCCCCCC(=O)OC[C@H](COP(=O)(O)OC[C@@H](O)COP(=O)(O)OC[C@@H](COC(=O)CCCCCCCCCCC)OC(=O)CCCCCCCCCCCCCCCC)OC(=O)CCCCCCCCCCCCCCCCCCC(C)C. The summed E-state index contributed by atoms with van der Waals surface area (Å²) in [5, 5.41) is 10.6. The van der Waals surface area contributed by atoms with E-state index in [0.717, 1.165) is 95.8 Å². The molecule has 0 radical (unpaired) electrons. The van der Waals surface area contributed by atoms with Gasteiger partial charge in [-0.25, -0.2) is 9.13 Å². The molecule has 0 heterocycles. The first-order valence-electron chi connectivity index (χ1n) is 41.6. The van der Waals surface area contributed by atoms with Gasteiger partial charge in [0, 0.05) is 25.7 Å². The van der Waals surface area contributed by atoms with E-state index in [9.17, 15) is 43.2 Å². The van der Waals surface area contributed by atoms with Gasteiger partial charge in [0.1, 0.15) is 19.3 Å². The second-order valence-corrected chi connectivity index (χ2v) is 32.2. The summed E-state index contributed by atoms with van der Waals surface area (Å²) in [6, 6.07) is 0. The van der Waals surface area contributed by atoms with Gasteiger partial charge in [0.05, 0.1) is 26.4 Å². The Kier molecular flexibility index (Phi) is 71.6. The number of hydrogen-bond donors (Lipinski definition) is 3. The fraction of sp³-hybridized carbons (Fsp3) is 0.950. The Hall–Kier alpha value is -1.94. The zero-order chi connectivity index (χ0) is 72.7. The van der Waals surface area contributed by atoms with Gasteiger partial charge in [0.2, 0.25) is 0 Å². The molecule has 0 saturated carbocycles. The van der Waals surface area contributed by atoms with E-state index in [0.29, 0.717) is 25.7 Å². The number of hydrogen-bond acceptors (Lipinski definition) is 15. The molecule has 0 bridgehead atoms. The molecule has 0 aromatic rings. The van der Waals surface area contributed by atoms with Crippen molar-refractivity contribution < 1.29 is 80.2 Å². The van der Waals surface area contributed by atoms with E-state index in [1.807, 2.05) is 0 Å². The van der Waals surface area contributed by atoms with Crippen molar-refractivity contribution in [3.63, 3.8) is 0 Å². The molecule has 2 unspecified atom stereocenters. The lowest BCUT2D eigenvalue weighted by atomic mass is 10.0. The second kappa shape index (κ2) is 73.0. The minimum atomic E-state index is -4.96. The predicted molar refractivity (Wildman–Crippen MR) is 405 cm³/mol. The zero-order valence-corrected chi connectivity index (χ0v) is 66.4. The van der Waals surface area contributed by atoms with Crippen LogP contribution in [0, 0.1) is 5.92 Å². The van der Waals surface area contributed by atoms with Crippen molar-refractivity contribution >= 4 is 39.5 Å². The van der Waals surface area contributed by atoms with Gasteiger partial charge in [-0.1, -0.05) is 375 Å². The minimum Gasteiger partial charge on any atom is -0.462 e. The molecule has 0 rings (SSSR count). The maximum Gasteiger partial charge on any atom is 0.472 e. The number of aliphatic hydroxyl groups is 1. The van der Waals surface area contributed by atoms with Crippen LogP contribution in [0.5, 0.6) is 0 Å². The summed E-state index contributed by atoms with van der Waals surface area (Å²) in [6.45, 7) is 7.34. The highest BCUT2D eigenvalue weighted by Crippen LogP contribution is 2.45. The van der Waals surface area contributed by atoms with Crippen molar-refractivity contribution in [3.8, 4) is 0 Å². The lowest BCUT2D eigenvalue weighted by molar-refractivity contribution is -0.161. The number of carbonyl (C=O) groups is 4. The Balaban J connectivity index is 5.22. The van der Waals surface area contributed by atoms with E-state index >= 15 is 0 Å². The molecule has 5 atom stereocenters. The van der Waals surface area contributed by atoms with Crippen molar-refractivity contribution in [1.82, 2.24) is 0 Å². The number of phosphoric acid groups is 2. The van der Waals surface area contributed by atoms with Crippen molar-refractivity contribution in [2.45, 2.75) is 445 Å². The van der Waals surface area contributed by atoms with E-state index in [4.69, 9.17) is 37.0 Å². The molecule has 588 valence electrons. The van der Waals surface area contributed by atoms with Crippen LogP contribution in [0.15, 0.2) is 0 Å². The van der Waals surface area contributed by atoms with Crippen LogP contribution in [0.25, 0.3) is 0 Å². The van der Waals surface area contributed by atoms with Crippen molar-refractivity contribution in [2.24, 2.45) is 5.92 Å². The Labute approximate surface area is 607 Å². The third-order valence-electron chi connectivity index (χ3n) is 18.8.